The number of ether oxygens (including phenoxy) is 1. The van der Waals surface area contributed by atoms with Gasteiger partial charge in [-0.3, -0.25) is 0 Å². The monoisotopic (exact) mass is 399 g/mol. The Morgan fingerprint density at radius 3 is 2.50 bits per heavy atom. The van der Waals surface area contributed by atoms with Gasteiger partial charge in [0.15, 0.2) is 0 Å². The zero-order chi connectivity index (χ0) is 21.1. The highest BCUT2D eigenvalue weighted by Gasteiger charge is 2.33. The topological polar surface area (TPSA) is 49.8 Å². The van der Waals surface area contributed by atoms with Crippen molar-refractivity contribution in [3.8, 4) is 5.75 Å². The van der Waals surface area contributed by atoms with Crippen LogP contribution in [-0.4, -0.2) is 24.2 Å². The molecule has 1 aliphatic heterocycles. The van der Waals surface area contributed by atoms with Gasteiger partial charge >= 0.3 is 5.97 Å². The van der Waals surface area contributed by atoms with Crippen LogP contribution in [0.15, 0.2) is 78.9 Å². The Labute approximate surface area is 177 Å². The molecule has 0 radical (unpaired) electrons. The van der Waals surface area contributed by atoms with Gasteiger partial charge < -0.3 is 14.7 Å². The number of benzene rings is 3. The van der Waals surface area contributed by atoms with Gasteiger partial charge in [-0.05, 0) is 65.9 Å². The number of phenolic OH excluding ortho intramolecular Hbond substituents is 1. The molecule has 1 heterocycles. The highest BCUT2D eigenvalue weighted by molar-refractivity contribution is 5.86. The predicted molar refractivity (Wildman–Crippen MR) is 120 cm³/mol. The molecule has 2 atom stereocenters. The number of methoxy groups -OCH3 is 1. The lowest BCUT2D eigenvalue weighted by molar-refractivity contribution is -0.134. The van der Waals surface area contributed by atoms with Crippen molar-refractivity contribution < 1.29 is 14.6 Å². The molecule has 0 spiro atoms. The van der Waals surface area contributed by atoms with E-state index in [1.54, 1.807) is 12.1 Å². The molecule has 3 aromatic carbocycles. The van der Waals surface area contributed by atoms with Gasteiger partial charge in [-0.1, -0.05) is 48.5 Å². The van der Waals surface area contributed by atoms with Crippen LogP contribution in [0.2, 0.25) is 0 Å². The molecule has 152 valence electrons. The molecule has 0 unspecified atom stereocenters. The minimum atomic E-state index is -0.371. The summed E-state index contributed by atoms with van der Waals surface area (Å²) in [5.41, 5.74) is 5.64. The molecule has 4 heteroatoms. The van der Waals surface area contributed by atoms with E-state index in [-0.39, 0.29) is 18.1 Å². The second-order valence-corrected chi connectivity index (χ2v) is 7.60. The third-order valence-electron chi connectivity index (χ3n) is 5.61. The van der Waals surface area contributed by atoms with E-state index in [9.17, 15) is 9.90 Å². The number of anilines is 1. The summed E-state index contributed by atoms with van der Waals surface area (Å²) in [7, 11) is 1.37. The number of carbonyl (C=O) groups excluding carboxylic acids is 1. The van der Waals surface area contributed by atoms with Crippen LogP contribution in [0, 0.1) is 0 Å². The fourth-order valence-corrected chi connectivity index (χ4v) is 4.22. The SMILES string of the molecule is COC(=O)/C=C/c1ccc([C@@H]2c3ccc(O)cc3C[C@@H](C)N2c2ccccc2)cc1. The summed E-state index contributed by atoms with van der Waals surface area (Å²) in [4.78, 5) is 13.8. The number of phenols is 1. The summed E-state index contributed by atoms with van der Waals surface area (Å²) in [6.45, 7) is 2.22. The molecule has 4 rings (SSSR count). The van der Waals surface area contributed by atoms with Crippen LogP contribution in [0.25, 0.3) is 6.08 Å². The van der Waals surface area contributed by atoms with Crippen LogP contribution in [0.4, 0.5) is 5.69 Å². The van der Waals surface area contributed by atoms with Crippen LogP contribution in [0.5, 0.6) is 5.75 Å². The fourth-order valence-electron chi connectivity index (χ4n) is 4.22. The molecule has 1 N–H and O–H groups in total. The molecule has 0 aliphatic carbocycles. The Morgan fingerprint density at radius 1 is 1.07 bits per heavy atom. The van der Waals surface area contributed by atoms with Gasteiger partial charge in [0.2, 0.25) is 0 Å². The third-order valence-corrected chi connectivity index (χ3v) is 5.61. The second kappa shape index (κ2) is 8.46. The average molecular weight is 399 g/mol. The summed E-state index contributed by atoms with van der Waals surface area (Å²) in [5, 5.41) is 10.0. The lowest BCUT2D eigenvalue weighted by Gasteiger charge is -2.44. The maximum Gasteiger partial charge on any atom is 0.330 e. The van der Waals surface area contributed by atoms with E-state index in [2.05, 4.69) is 53.0 Å². The van der Waals surface area contributed by atoms with Gasteiger partial charge in [0.05, 0.1) is 13.2 Å². The number of esters is 1. The number of aromatic hydroxyl groups is 1. The lowest BCUT2D eigenvalue weighted by Crippen LogP contribution is -2.42. The first-order chi connectivity index (χ1) is 14.6. The van der Waals surface area contributed by atoms with Crippen molar-refractivity contribution >= 4 is 17.7 Å². The molecule has 0 fully saturated rings. The molecule has 3 aromatic rings. The van der Waals surface area contributed by atoms with Crippen molar-refractivity contribution in [1.29, 1.82) is 0 Å². The average Bonchev–Trinajstić information content (AvgIpc) is 2.77. The first kappa shape index (κ1) is 19.8. The molecule has 4 nitrogen and oxygen atoms in total. The Kier molecular flexibility index (Phi) is 5.57. The van der Waals surface area contributed by atoms with E-state index in [1.165, 1.54) is 30.0 Å². The second-order valence-electron chi connectivity index (χ2n) is 7.60. The van der Waals surface area contributed by atoms with Crippen molar-refractivity contribution in [1.82, 2.24) is 0 Å². The maximum atomic E-state index is 11.4. The highest BCUT2D eigenvalue weighted by atomic mass is 16.5. The molecule has 30 heavy (non-hydrogen) atoms. The molecular weight excluding hydrogens is 374 g/mol. The first-order valence-electron chi connectivity index (χ1n) is 10.1. The zero-order valence-corrected chi connectivity index (χ0v) is 17.2. The van der Waals surface area contributed by atoms with Crippen molar-refractivity contribution in [3.05, 3.63) is 101 Å². The van der Waals surface area contributed by atoms with E-state index in [1.807, 2.05) is 30.3 Å². The smallest absolute Gasteiger partial charge is 0.330 e. The summed E-state index contributed by atoms with van der Waals surface area (Å²) in [6.07, 6.45) is 4.04. The Hall–Kier alpha value is -3.53. The van der Waals surface area contributed by atoms with Gasteiger partial charge in [0.1, 0.15) is 5.75 Å². The van der Waals surface area contributed by atoms with Gasteiger partial charge in [-0.2, -0.15) is 0 Å². The standard InChI is InChI=1S/C26H25NO3/c1-18-16-21-17-23(28)13-14-24(21)26(27(18)22-6-4-3-5-7-22)20-11-8-19(9-12-20)10-15-25(29)30-2/h3-15,17-18,26,28H,16H2,1-2H3/b15-10+/t18-,26-/m1/s1. The van der Waals surface area contributed by atoms with Gasteiger partial charge in [0, 0.05) is 17.8 Å². The molecule has 0 saturated heterocycles. The van der Waals surface area contributed by atoms with Crippen molar-refractivity contribution in [3.63, 3.8) is 0 Å². The number of hydrogen-bond donors (Lipinski definition) is 1. The first-order valence-corrected chi connectivity index (χ1v) is 10.1. The van der Waals surface area contributed by atoms with E-state index < -0.39 is 0 Å². The Bertz CT molecular complexity index is 1060. The summed E-state index contributed by atoms with van der Waals surface area (Å²) in [6, 6.07) is 24.6. The summed E-state index contributed by atoms with van der Waals surface area (Å²) in [5.74, 6) is -0.0691. The summed E-state index contributed by atoms with van der Waals surface area (Å²) < 4.78 is 4.66. The van der Waals surface area contributed by atoms with Crippen LogP contribution in [0.1, 0.15) is 35.2 Å². The maximum absolute atomic E-state index is 11.4. The largest absolute Gasteiger partial charge is 0.508 e. The van der Waals surface area contributed by atoms with Gasteiger partial charge in [0.25, 0.3) is 0 Å². The third kappa shape index (κ3) is 3.94. The highest BCUT2D eigenvalue weighted by Crippen LogP contribution is 2.41. The number of rotatable bonds is 4. The van der Waals surface area contributed by atoms with Crippen LogP contribution in [-0.2, 0) is 16.0 Å². The zero-order valence-electron chi connectivity index (χ0n) is 17.2. The van der Waals surface area contributed by atoms with Crippen molar-refractivity contribution in [2.24, 2.45) is 0 Å². The predicted octanol–water partition coefficient (Wildman–Crippen LogP) is 5.12. The minimum absolute atomic E-state index is 0.0328. The number of fused-ring (bicyclic) bond motifs is 1. The van der Waals surface area contributed by atoms with E-state index >= 15 is 0 Å². The van der Waals surface area contributed by atoms with E-state index in [4.69, 9.17) is 0 Å². The van der Waals surface area contributed by atoms with Crippen LogP contribution < -0.4 is 4.90 Å². The van der Waals surface area contributed by atoms with Crippen molar-refractivity contribution in [2.45, 2.75) is 25.4 Å². The van der Waals surface area contributed by atoms with Gasteiger partial charge in [-0.25, -0.2) is 4.79 Å². The number of para-hydroxylation sites is 1. The quantitative estimate of drug-likeness (QED) is 0.489. The fraction of sp³-hybridized carbons (Fsp3) is 0.192. The lowest BCUT2D eigenvalue weighted by atomic mass is 9.84. The Balaban J connectivity index is 1.77. The number of nitrogens with zero attached hydrogens (tertiary/aromatic N) is 1. The normalized spacial score (nSPS) is 18.3. The minimum Gasteiger partial charge on any atom is -0.508 e. The van der Waals surface area contributed by atoms with Crippen molar-refractivity contribution in [2.75, 3.05) is 12.0 Å². The molecule has 1 aliphatic rings. The van der Waals surface area contributed by atoms with Crippen LogP contribution >= 0.6 is 0 Å². The van der Waals surface area contributed by atoms with Crippen LogP contribution in [0.3, 0.4) is 0 Å². The van der Waals surface area contributed by atoms with E-state index in [0.717, 1.165) is 17.5 Å². The molecule has 0 aromatic heterocycles. The molecule has 0 amide bonds. The molecular formula is C26H25NO3. The van der Waals surface area contributed by atoms with E-state index in [0.29, 0.717) is 5.75 Å². The summed E-state index contributed by atoms with van der Waals surface area (Å²) >= 11 is 0. The molecule has 0 bridgehead atoms. The number of carbonyl (C=O) groups is 1. The number of hydrogen-bond acceptors (Lipinski definition) is 4. The molecule has 0 saturated carbocycles. The van der Waals surface area contributed by atoms with Gasteiger partial charge in [-0.15, -0.1) is 0 Å². The Morgan fingerprint density at radius 2 is 1.80 bits per heavy atom.